The lowest BCUT2D eigenvalue weighted by atomic mass is 9.98. The number of para-hydroxylation sites is 3. The number of nitrogens with one attached hydrogen (secondary N) is 8. The van der Waals surface area contributed by atoms with Crippen LogP contribution in [0.25, 0.3) is 138 Å². The van der Waals surface area contributed by atoms with Crippen molar-refractivity contribution in [3.63, 3.8) is 0 Å². The first kappa shape index (κ1) is 87.0. The van der Waals surface area contributed by atoms with Gasteiger partial charge in [-0.2, -0.15) is 0 Å². The number of anilines is 5. The number of nitrogens with zero attached hydrogens (tertiary/aromatic N) is 17. The number of pyridine rings is 11. The minimum Gasteiger partial charge on any atom is -0.368 e. The van der Waals surface area contributed by atoms with Gasteiger partial charge in [0, 0.05) is 145 Å². The fourth-order valence-corrected chi connectivity index (χ4v) is 18.7. The topological polar surface area (TPSA) is 348 Å². The molecule has 24 rings (SSSR count). The van der Waals surface area contributed by atoms with E-state index in [1.54, 1.807) is 90.2 Å². The highest BCUT2D eigenvalue weighted by Crippen LogP contribution is 2.41. The number of imidazole rings is 4. The maximum Gasteiger partial charge on any atom is 0.265 e. The lowest BCUT2D eigenvalue weighted by Gasteiger charge is -2.34. The molecule has 4 atom stereocenters. The van der Waals surface area contributed by atoms with Crippen molar-refractivity contribution in [3.05, 3.63) is 400 Å². The number of aromatic amines is 4. The highest BCUT2D eigenvalue weighted by molar-refractivity contribution is 6.00. The molecule has 2 fully saturated rings. The molecule has 1 aliphatic carbocycles. The summed E-state index contributed by atoms with van der Waals surface area (Å²) in [6.07, 6.45) is 26.2. The quantitative estimate of drug-likeness (QED) is 0.0351. The van der Waals surface area contributed by atoms with Crippen LogP contribution in [0.15, 0.2) is 355 Å². The van der Waals surface area contributed by atoms with E-state index >= 15 is 0 Å². The van der Waals surface area contributed by atoms with Crippen LogP contribution in [0.1, 0.15) is 93.5 Å². The minimum absolute atomic E-state index is 0.0113. The molecule has 0 amide bonds. The Morgan fingerprint density at radius 1 is 0.312 bits per heavy atom. The zero-order chi connectivity index (χ0) is 93.9. The monoisotopic (exact) mass is 1820 g/mol. The van der Waals surface area contributed by atoms with Crippen LogP contribution in [0.5, 0.6) is 0 Å². The third-order valence-corrected chi connectivity index (χ3v) is 25.6. The summed E-state index contributed by atoms with van der Waals surface area (Å²) in [6, 6.07) is 80.4. The number of piperazine rings is 1. The Balaban J connectivity index is 0.000000110. The average Bonchev–Trinajstić information content (AvgIpc) is 1.64. The Bertz CT molecular complexity index is 8210. The van der Waals surface area contributed by atoms with Crippen LogP contribution in [0.4, 0.5) is 29.0 Å². The molecule has 1 saturated heterocycles. The highest BCUT2D eigenvalue weighted by atomic mass is 16.1. The second-order valence-electron chi connectivity index (χ2n) is 34.5. The minimum atomic E-state index is -0.232. The number of aromatic nitrogens is 19. The maximum absolute atomic E-state index is 14.3. The second kappa shape index (κ2) is 38.1. The van der Waals surface area contributed by atoms with Gasteiger partial charge < -0.3 is 55.6 Å². The number of likely N-dealkylation sites (N-methyl/N-ethyl adjacent to an activating group) is 1. The van der Waals surface area contributed by atoms with Crippen LogP contribution >= 0.6 is 0 Å². The number of H-pyrrole nitrogens is 4. The molecule has 7 aromatic carbocycles. The van der Waals surface area contributed by atoms with Gasteiger partial charge in [0.25, 0.3) is 22.2 Å². The third kappa shape index (κ3) is 17.2. The normalized spacial score (nSPS) is 13.6. The SMILES string of the molecule is C[C@@H](Nc1nccc2[nH]cnc12)c1cc2cccc(-c3cccnc3)c2c(=O)n1-c1ccccc1.C[C@@H](Nc1nccc2[nH]cnc12)c1cc2cccc(-c3cccnc3)c2c(=O)n1C1CC1.C[C@@H](Nc1nccc2[nH]cnc12)c1cc2cccc(-c3ccncc3)c2c(=O)n1-c1ccccc1.C[C@@H](Nc1nccc2[nH]cnc12)c1cc2cccc(N3CCN(C)CC3)c2c(=O)n1-c1ccccc1. The molecular weight excluding hydrogens is 1720 g/mol. The average molecular weight is 1820 g/mol. The first-order valence-corrected chi connectivity index (χ1v) is 46.0. The highest BCUT2D eigenvalue weighted by Gasteiger charge is 2.32. The van der Waals surface area contributed by atoms with E-state index in [-0.39, 0.29) is 52.4 Å². The zero-order valence-electron chi connectivity index (χ0n) is 76.1. The van der Waals surface area contributed by atoms with Crippen LogP contribution < -0.4 is 48.4 Å². The summed E-state index contributed by atoms with van der Waals surface area (Å²) in [4.78, 5) is 122. The van der Waals surface area contributed by atoms with E-state index in [4.69, 9.17) is 0 Å². The molecule has 16 heterocycles. The fourth-order valence-electron chi connectivity index (χ4n) is 18.7. The first-order valence-electron chi connectivity index (χ1n) is 46.0. The lowest BCUT2D eigenvalue weighted by molar-refractivity contribution is 0.313. The molecule has 0 bridgehead atoms. The summed E-state index contributed by atoms with van der Waals surface area (Å²) in [6.45, 7) is 11.9. The molecule has 2 aliphatic rings. The van der Waals surface area contributed by atoms with Gasteiger partial charge in [-0.3, -0.25) is 47.8 Å². The van der Waals surface area contributed by atoms with Crippen LogP contribution in [-0.4, -0.2) is 131 Å². The van der Waals surface area contributed by atoms with Crippen molar-refractivity contribution < 1.29 is 0 Å². The van der Waals surface area contributed by atoms with Gasteiger partial charge in [-0.15, -0.1) is 0 Å². The van der Waals surface area contributed by atoms with Crippen molar-refractivity contribution >= 4 is 116 Å². The Kier molecular flexibility index (Phi) is 24.0. The molecule has 15 aromatic heterocycles. The predicted octanol–water partition coefficient (Wildman–Crippen LogP) is 20.0. The molecule has 680 valence electrons. The van der Waals surface area contributed by atoms with Gasteiger partial charge in [0.05, 0.1) is 98.8 Å². The molecule has 29 nitrogen and oxygen atoms in total. The summed E-state index contributed by atoms with van der Waals surface area (Å²) in [7, 11) is 2.14. The van der Waals surface area contributed by atoms with Crippen molar-refractivity contribution in [2.24, 2.45) is 0 Å². The maximum atomic E-state index is 14.3. The van der Waals surface area contributed by atoms with E-state index < -0.39 is 0 Å². The van der Waals surface area contributed by atoms with E-state index in [2.05, 4.69) is 163 Å². The number of hydrogen-bond donors (Lipinski definition) is 8. The van der Waals surface area contributed by atoms with E-state index in [1.807, 2.05) is 242 Å². The Labute approximate surface area is 790 Å². The molecule has 22 aromatic rings. The standard InChI is InChI=1S/C28H29N7O.2C28H22N6O.C25H22N6O/c1-19(32-27-26-22(11-12-29-27)30-18-31-26)24-17-20-7-6-10-23(34-15-13-33(2)14-16-34)25(20)28(36)35(24)21-8-4-3-5-9-21;1-18(33-27-26-23(12-14-30-27)31-17-32-26)24-15-19-7-5-11-22(20-8-6-13-29-16-20)25(19)28(35)34(24)21-9-3-2-4-10-21;1-18(33-27-26-23(12-15-30-27)31-17-32-26)24-16-20-6-5-9-22(19-10-13-29-14-11-19)25(20)28(35)34(24)21-7-3-2-4-8-21;1-15(30-24-23-20(9-11-27-24)28-14-29-23)21-12-16-4-2-6-19(17-5-3-10-26-13-17)22(16)25(32)31(21)18-7-8-18/h3-12,17-19H,13-16H2,1-2H3,(H,29,32)(H,30,31);2*2-18H,1H3,(H,30,33)(H,31,32);2-6,9-15,18H,7-8H2,1H3,(H,27,30)(H,28,29)/t19-;2*18-;15-/m1111/s1. The predicted molar refractivity (Wildman–Crippen MR) is 548 cm³/mol. The number of benzene rings is 7. The van der Waals surface area contributed by atoms with Gasteiger partial charge >= 0.3 is 0 Å². The molecule has 8 N–H and O–H groups in total. The van der Waals surface area contributed by atoms with Crippen molar-refractivity contribution in [2.45, 2.75) is 70.7 Å². The molecular formula is C109H95N25O4. The van der Waals surface area contributed by atoms with Gasteiger partial charge in [0.15, 0.2) is 23.3 Å². The summed E-state index contributed by atoms with van der Waals surface area (Å²) in [5, 5.41) is 20.4. The Morgan fingerprint density at radius 3 is 1.02 bits per heavy atom. The summed E-state index contributed by atoms with van der Waals surface area (Å²) >= 11 is 0. The second-order valence-corrected chi connectivity index (χ2v) is 34.5. The molecule has 0 radical (unpaired) electrons. The summed E-state index contributed by atoms with van der Waals surface area (Å²) in [5.74, 6) is 2.70. The Hall–Kier alpha value is -17.7. The van der Waals surface area contributed by atoms with E-state index in [1.165, 1.54) is 0 Å². The van der Waals surface area contributed by atoms with E-state index in [0.29, 0.717) is 34.0 Å². The number of hydrogen-bond acceptors (Lipinski definition) is 21. The van der Waals surface area contributed by atoms with Crippen LogP contribution in [0, 0.1) is 0 Å². The lowest BCUT2D eigenvalue weighted by Crippen LogP contribution is -2.45. The van der Waals surface area contributed by atoms with Crippen molar-refractivity contribution in [1.29, 1.82) is 0 Å². The molecule has 1 aliphatic heterocycles. The van der Waals surface area contributed by atoms with Crippen LogP contribution in [0.2, 0.25) is 0 Å². The summed E-state index contributed by atoms with van der Waals surface area (Å²) < 4.78 is 7.38. The van der Waals surface area contributed by atoms with Crippen molar-refractivity contribution in [2.75, 3.05) is 59.4 Å². The van der Waals surface area contributed by atoms with Gasteiger partial charge in [-0.05, 0) is 207 Å². The number of rotatable bonds is 20. The van der Waals surface area contributed by atoms with Gasteiger partial charge in [0.1, 0.15) is 22.1 Å². The molecule has 0 spiro atoms. The van der Waals surface area contributed by atoms with Gasteiger partial charge in [0.2, 0.25) is 0 Å². The zero-order valence-corrected chi connectivity index (χ0v) is 76.1. The van der Waals surface area contributed by atoms with E-state index in [9.17, 15) is 19.2 Å². The summed E-state index contributed by atoms with van der Waals surface area (Å²) in [5.41, 5.74) is 19.0. The van der Waals surface area contributed by atoms with E-state index in [0.717, 1.165) is 194 Å². The van der Waals surface area contributed by atoms with Crippen LogP contribution in [-0.2, 0) is 0 Å². The van der Waals surface area contributed by atoms with Crippen LogP contribution in [0.3, 0.4) is 0 Å². The third-order valence-electron chi connectivity index (χ3n) is 25.6. The molecule has 138 heavy (non-hydrogen) atoms. The largest absolute Gasteiger partial charge is 0.368 e. The Morgan fingerprint density at radius 2 is 0.652 bits per heavy atom. The molecule has 0 unspecified atom stereocenters. The van der Waals surface area contributed by atoms with Crippen molar-refractivity contribution in [3.8, 4) is 50.4 Å². The fraction of sp³-hybridized carbons (Fsp3) is 0.147. The smallest absolute Gasteiger partial charge is 0.265 e. The van der Waals surface area contributed by atoms with Gasteiger partial charge in [-0.1, -0.05) is 133 Å². The number of fused-ring (bicyclic) bond motifs is 8. The van der Waals surface area contributed by atoms with Gasteiger partial charge in [-0.25, -0.2) is 39.9 Å². The molecule has 1 saturated carbocycles. The first-order chi connectivity index (χ1) is 67.7. The van der Waals surface area contributed by atoms with Crippen molar-refractivity contribution in [1.82, 2.24) is 97.9 Å². The molecule has 29 heteroatoms.